The van der Waals surface area contributed by atoms with Crippen LogP contribution in [0.2, 0.25) is 0 Å². The molecule has 116 valence electrons. The highest BCUT2D eigenvalue weighted by Gasteiger charge is 2.23. The molecule has 1 N–H and O–H groups in total. The van der Waals surface area contributed by atoms with Crippen LogP contribution in [0.4, 0.5) is 0 Å². The number of benzene rings is 1. The van der Waals surface area contributed by atoms with Crippen molar-refractivity contribution in [2.75, 3.05) is 0 Å². The van der Waals surface area contributed by atoms with E-state index in [4.69, 9.17) is 0 Å². The number of para-hydroxylation sites is 1. The van der Waals surface area contributed by atoms with Crippen molar-refractivity contribution in [2.24, 2.45) is 0 Å². The predicted molar refractivity (Wildman–Crippen MR) is 89.0 cm³/mol. The summed E-state index contributed by atoms with van der Waals surface area (Å²) in [6, 6.07) is 6.57. The molecule has 0 bridgehead atoms. The normalized spacial score (nSPS) is 22.7. The van der Waals surface area contributed by atoms with Gasteiger partial charge in [-0.15, -0.1) is 0 Å². The van der Waals surface area contributed by atoms with Gasteiger partial charge >= 0.3 is 0 Å². The zero-order chi connectivity index (χ0) is 14.5. The predicted octanol–water partition coefficient (Wildman–Crippen LogP) is 6.27. The van der Waals surface area contributed by atoms with E-state index in [-0.39, 0.29) is 0 Å². The average Bonchev–Trinajstić information content (AvgIpc) is 2.92. The maximum Gasteiger partial charge on any atom is 0.122 e. The van der Waals surface area contributed by atoms with Crippen LogP contribution in [-0.4, -0.2) is 5.11 Å². The van der Waals surface area contributed by atoms with Gasteiger partial charge in [0.05, 0.1) is 0 Å². The van der Waals surface area contributed by atoms with Crippen LogP contribution in [0.1, 0.15) is 100 Å². The van der Waals surface area contributed by atoms with Gasteiger partial charge in [0.25, 0.3) is 0 Å². The monoisotopic (exact) mass is 286 g/mol. The number of phenolic OH excluding ortho intramolecular Hbond substituents is 1. The van der Waals surface area contributed by atoms with Crippen LogP contribution in [0.5, 0.6) is 5.75 Å². The lowest BCUT2D eigenvalue weighted by Gasteiger charge is -2.22. The summed E-state index contributed by atoms with van der Waals surface area (Å²) in [6.45, 7) is 0. The topological polar surface area (TPSA) is 20.2 Å². The van der Waals surface area contributed by atoms with Crippen molar-refractivity contribution in [3.63, 3.8) is 0 Å². The Morgan fingerprint density at radius 1 is 0.619 bits per heavy atom. The molecule has 21 heavy (non-hydrogen) atoms. The largest absolute Gasteiger partial charge is 0.507 e. The van der Waals surface area contributed by atoms with E-state index in [0.717, 1.165) is 0 Å². The minimum absolute atomic E-state index is 0.596. The molecule has 0 atom stereocenters. The van der Waals surface area contributed by atoms with Gasteiger partial charge in [0, 0.05) is 0 Å². The van der Waals surface area contributed by atoms with E-state index < -0.39 is 0 Å². The molecular weight excluding hydrogens is 256 g/mol. The fourth-order valence-electron chi connectivity index (χ4n) is 4.42. The molecular formula is C20H30O. The van der Waals surface area contributed by atoms with Crippen molar-refractivity contribution in [1.82, 2.24) is 0 Å². The molecule has 0 spiro atoms. The van der Waals surface area contributed by atoms with Gasteiger partial charge in [-0.25, -0.2) is 0 Å². The molecule has 1 nitrogen and oxygen atoms in total. The number of aromatic hydroxyl groups is 1. The quantitative estimate of drug-likeness (QED) is 0.635. The smallest absolute Gasteiger partial charge is 0.122 e. The molecule has 2 aliphatic carbocycles. The van der Waals surface area contributed by atoms with Gasteiger partial charge in [-0.2, -0.15) is 0 Å². The van der Waals surface area contributed by atoms with Crippen LogP contribution >= 0.6 is 0 Å². The molecule has 0 aliphatic heterocycles. The lowest BCUT2D eigenvalue weighted by molar-refractivity contribution is 0.435. The third-order valence-electron chi connectivity index (χ3n) is 5.69. The summed E-state index contributed by atoms with van der Waals surface area (Å²) in [7, 11) is 0. The number of hydrogen-bond donors (Lipinski definition) is 1. The summed E-state index contributed by atoms with van der Waals surface area (Å²) in [5, 5.41) is 10.9. The van der Waals surface area contributed by atoms with Gasteiger partial charge in [-0.1, -0.05) is 69.6 Å². The molecule has 0 aromatic heterocycles. The Balaban J connectivity index is 1.83. The van der Waals surface area contributed by atoms with E-state index in [9.17, 15) is 5.11 Å². The van der Waals surface area contributed by atoms with Crippen LogP contribution in [0, 0.1) is 0 Å². The van der Waals surface area contributed by atoms with E-state index >= 15 is 0 Å². The van der Waals surface area contributed by atoms with Crippen LogP contribution in [0.25, 0.3) is 0 Å². The first kappa shape index (κ1) is 14.9. The molecule has 0 radical (unpaired) electrons. The van der Waals surface area contributed by atoms with Gasteiger partial charge in [0.2, 0.25) is 0 Å². The van der Waals surface area contributed by atoms with Gasteiger partial charge < -0.3 is 5.11 Å². The summed E-state index contributed by atoms with van der Waals surface area (Å²) in [5.74, 6) is 1.84. The Bertz CT molecular complexity index is 397. The van der Waals surface area contributed by atoms with Crippen molar-refractivity contribution in [2.45, 2.75) is 88.9 Å². The minimum Gasteiger partial charge on any atom is -0.507 e. The third kappa shape index (κ3) is 3.62. The number of hydrogen-bond acceptors (Lipinski definition) is 1. The second-order valence-corrected chi connectivity index (χ2v) is 7.16. The Labute approximate surface area is 129 Å². The summed E-state index contributed by atoms with van der Waals surface area (Å²) in [4.78, 5) is 0. The van der Waals surface area contributed by atoms with E-state index in [0.29, 0.717) is 17.6 Å². The van der Waals surface area contributed by atoms with Gasteiger partial charge in [0.1, 0.15) is 5.75 Å². The maximum atomic E-state index is 10.9. The minimum atomic E-state index is 0.596. The molecule has 3 rings (SSSR count). The highest BCUT2D eigenvalue weighted by atomic mass is 16.3. The lowest BCUT2D eigenvalue weighted by Crippen LogP contribution is -2.03. The molecule has 1 aromatic rings. The second kappa shape index (κ2) is 7.33. The summed E-state index contributed by atoms with van der Waals surface area (Å²) >= 11 is 0. The van der Waals surface area contributed by atoms with E-state index in [1.165, 1.54) is 88.2 Å². The van der Waals surface area contributed by atoms with Crippen molar-refractivity contribution in [3.05, 3.63) is 29.3 Å². The Kier molecular flexibility index (Phi) is 5.22. The molecule has 2 saturated carbocycles. The molecule has 1 aromatic carbocycles. The summed E-state index contributed by atoms with van der Waals surface area (Å²) in [5.41, 5.74) is 2.50. The van der Waals surface area contributed by atoms with E-state index in [1.807, 2.05) is 0 Å². The molecule has 0 amide bonds. The fourth-order valence-corrected chi connectivity index (χ4v) is 4.42. The maximum absolute atomic E-state index is 10.9. The molecule has 2 fully saturated rings. The Hall–Kier alpha value is -0.980. The first-order chi connectivity index (χ1) is 10.4. The van der Waals surface area contributed by atoms with Crippen molar-refractivity contribution in [3.8, 4) is 5.75 Å². The molecule has 1 heteroatoms. The van der Waals surface area contributed by atoms with Crippen molar-refractivity contribution in [1.29, 1.82) is 0 Å². The standard InChI is InChI=1S/C20H30O/c21-20-18(16-10-5-1-2-6-11-16)14-9-15-19(20)17-12-7-3-4-8-13-17/h9,14-17,21H,1-8,10-13H2. The molecule has 0 heterocycles. The zero-order valence-electron chi connectivity index (χ0n) is 13.3. The molecule has 0 unspecified atom stereocenters. The van der Waals surface area contributed by atoms with Gasteiger partial charge in [-0.05, 0) is 48.6 Å². The van der Waals surface area contributed by atoms with Crippen LogP contribution in [0.15, 0.2) is 18.2 Å². The van der Waals surface area contributed by atoms with Crippen LogP contribution in [0.3, 0.4) is 0 Å². The van der Waals surface area contributed by atoms with Gasteiger partial charge in [-0.3, -0.25) is 0 Å². The molecule has 2 aliphatic rings. The third-order valence-corrected chi connectivity index (χ3v) is 5.69. The fraction of sp³-hybridized carbons (Fsp3) is 0.700. The number of rotatable bonds is 2. The highest BCUT2D eigenvalue weighted by Crippen LogP contribution is 2.42. The molecule has 0 saturated heterocycles. The Morgan fingerprint density at radius 3 is 1.38 bits per heavy atom. The Morgan fingerprint density at radius 2 is 1.00 bits per heavy atom. The summed E-state index contributed by atoms with van der Waals surface area (Å²) in [6.07, 6.45) is 15.9. The van der Waals surface area contributed by atoms with Gasteiger partial charge in [0.15, 0.2) is 0 Å². The zero-order valence-corrected chi connectivity index (χ0v) is 13.3. The summed E-state index contributed by atoms with van der Waals surface area (Å²) < 4.78 is 0. The van der Waals surface area contributed by atoms with Crippen molar-refractivity contribution >= 4 is 0 Å². The highest BCUT2D eigenvalue weighted by molar-refractivity contribution is 5.44. The average molecular weight is 286 g/mol. The lowest BCUT2D eigenvalue weighted by atomic mass is 9.85. The first-order valence-electron chi connectivity index (χ1n) is 9.18. The SMILES string of the molecule is Oc1c(C2CCCCCC2)cccc1C1CCCCCC1. The van der Waals surface area contributed by atoms with E-state index in [1.54, 1.807) is 0 Å². The second-order valence-electron chi connectivity index (χ2n) is 7.16. The number of phenols is 1. The van der Waals surface area contributed by atoms with Crippen molar-refractivity contribution < 1.29 is 5.11 Å². The first-order valence-corrected chi connectivity index (χ1v) is 9.18. The van der Waals surface area contributed by atoms with Crippen LogP contribution in [-0.2, 0) is 0 Å². The van der Waals surface area contributed by atoms with Crippen LogP contribution < -0.4 is 0 Å². The van der Waals surface area contributed by atoms with E-state index in [2.05, 4.69) is 18.2 Å².